The molecule has 0 heterocycles. The van der Waals surface area contributed by atoms with Gasteiger partial charge in [0, 0.05) is 17.5 Å². The normalized spacial score (nSPS) is 21.0. The van der Waals surface area contributed by atoms with Crippen LogP contribution in [0.4, 0.5) is 0 Å². The Kier molecular flexibility index (Phi) is 5.62. The lowest BCUT2D eigenvalue weighted by Gasteiger charge is -2.19. The Morgan fingerprint density at radius 1 is 1.33 bits per heavy atom. The number of halogens is 1. The molecule has 0 bridgehead atoms. The molecule has 1 amide bonds. The van der Waals surface area contributed by atoms with Crippen LogP contribution in [0.3, 0.4) is 0 Å². The SMILES string of the molecule is COC(=O)[C@@H]1CCC[C@H]1NC(=O)CCc1ccccc1Cl. The largest absolute Gasteiger partial charge is 0.469 e. The van der Waals surface area contributed by atoms with Crippen LogP contribution in [-0.2, 0) is 20.7 Å². The summed E-state index contributed by atoms with van der Waals surface area (Å²) in [5.41, 5.74) is 0.963. The number of rotatable bonds is 5. The fourth-order valence-corrected chi connectivity index (χ4v) is 3.02. The molecule has 2 rings (SSSR count). The highest BCUT2D eigenvalue weighted by molar-refractivity contribution is 6.31. The Labute approximate surface area is 129 Å². The van der Waals surface area contributed by atoms with Gasteiger partial charge in [0.2, 0.25) is 5.91 Å². The van der Waals surface area contributed by atoms with Crippen molar-refractivity contribution in [2.45, 2.75) is 38.1 Å². The number of carbonyl (C=O) groups is 2. The van der Waals surface area contributed by atoms with Gasteiger partial charge in [-0.05, 0) is 30.9 Å². The summed E-state index contributed by atoms with van der Waals surface area (Å²) >= 11 is 6.07. The zero-order valence-electron chi connectivity index (χ0n) is 12.1. The Balaban J connectivity index is 1.84. The predicted octanol–water partition coefficient (Wildman–Crippen LogP) is 2.73. The molecule has 1 aliphatic rings. The minimum atomic E-state index is -0.232. The lowest BCUT2D eigenvalue weighted by molar-refractivity contribution is -0.146. The summed E-state index contributed by atoms with van der Waals surface area (Å²) in [5, 5.41) is 3.63. The smallest absolute Gasteiger partial charge is 0.310 e. The standard InChI is InChI=1S/C16H20ClNO3/c1-21-16(20)12-6-4-8-14(12)18-15(19)10-9-11-5-2-3-7-13(11)17/h2-3,5,7,12,14H,4,6,8-10H2,1H3,(H,18,19)/t12-,14-/m1/s1. The van der Waals surface area contributed by atoms with Crippen molar-refractivity contribution in [3.05, 3.63) is 34.9 Å². The number of ether oxygens (including phenoxy) is 1. The van der Waals surface area contributed by atoms with E-state index in [1.807, 2.05) is 24.3 Å². The van der Waals surface area contributed by atoms with Gasteiger partial charge in [0.05, 0.1) is 13.0 Å². The van der Waals surface area contributed by atoms with E-state index >= 15 is 0 Å². The number of hydrogen-bond donors (Lipinski definition) is 1. The number of hydrogen-bond acceptors (Lipinski definition) is 3. The average molecular weight is 310 g/mol. The van der Waals surface area contributed by atoms with Gasteiger partial charge in [0.1, 0.15) is 0 Å². The van der Waals surface area contributed by atoms with Gasteiger partial charge in [-0.15, -0.1) is 0 Å². The maximum Gasteiger partial charge on any atom is 0.310 e. The highest BCUT2D eigenvalue weighted by Crippen LogP contribution is 2.27. The molecule has 0 spiro atoms. The van der Waals surface area contributed by atoms with Crippen molar-refractivity contribution in [2.24, 2.45) is 5.92 Å². The zero-order valence-corrected chi connectivity index (χ0v) is 12.9. The minimum Gasteiger partial charge on any atom is -0.469 e. The van der Waals surface area contributed by atoms with Crippen molar-refractivity contribution in [1.82, 2.24) is 5.32 Å². The van der Waals surface area contributed by atoms with Crippen LogP contribution in [0.1, 0.15) is 31.2 Å². The van der Waals surface area contributed by atoms with Crippen LogP contribution in [0.2, 0.25) is 5.02 Å². The lowest BCUT2D eigenvalue weighted by atomic mass is 10.0. The van der Waals surface area contributed by atoms with Crippen LogP contribution in [-0.4, -0.2) is 25.0 Å². The summed E-state index contributed by atoms with van der Waals surface area (Å²) in [6, 6.07) is 7.41. The number of aryl methyl sites for hydroxylation is 1. The predicted molar refractivity (Wildman–Crippen MR) is 81.1 cm³/mol. The fraction of sp³-hybridized carbons (Fsp3) is 0.500. The van der Waals surface area contributed by atoms with Gasteiger partial charge >= 0.3 is 5.97 Å². The van der Waals surface area contributed by atoms with Crippen LogP contribution in [0, 0.1) is 5.92 Å². The third-order valence-electron chi connectivity index (χ3n) is 3.95. The quantitative estimate of drug-likeness (QED) is 0.851. The molecule has 1 saturated carbocycles. The summed E-state index contributed by atoms with van der Waals surface area (Å²) < 4.78 is 4.78. The summed E-state index contributed by atoms with van der Waals surface area (Å²) in [4.78, 5) is 23.7. The Bertz CT molecular complexity index is 518. The van der Waals surface area contributed by atoms with E-state index in [1.54, 1.807) is 0 Å². The summed E-state index contributed by atoms with van der Waals surface area (Å²) in [5.74, 6) is -0.487. The highest BCUT2D eigenvalue weighted by Gasteiger charge is 2.34. The van der Waals surface area contributed by atoms with E-state index in [1.165, 1.54) is 7.11 Å². The molecule has 114 valence electrons. The third-order valence-corrected chi connectivity index (χ3v) is 4.31. The first-order valence-corrected chi connectivity index (χ1v) is 7.60. The zero-order chi connectivity index (χ0) is 15.2. The molecule has 5 heteroatoms. The monoisotopic (exact) mass is 309 g/mol. The van der Waals surface area contributed by atoms with Crippen LogP contribution in [0.5, 0.6) is 0 Å². The van der Waals surface area contributed by atoms with E-state index in [9.17, 15) is 9.59 Å². The Hall–Kier alpha value is -1.55. The van der Waals surface area contributed by atoms with Crippen molar-refractivity contribution in [2.75, 3.05) is 7.11 Å². The highest BCUT2D eigenvalue weighted by atomic mass is 35.5. The lowest BCUT2D eigenvalue weighted by Crippen LogP contribution is -2.40. The van der Waals surface area contributed by atoms with Crippen molar-refractivity contribution in [3.63, 3.8) is 0 Å². The molecule has 21 heavy (non-hydrogen) atoms. The van der Waals surface area contributed by atoms with E-state index in [2.05, 4.69) is 5.32 Å². The number of benzene rings is 1. The average Bonchev–Trinajstić information content (AvgIpc) is 2.93. The molecule has 0 aliphatic heterocycles. The molecule has 4 nitrogen and oxygen atoms in total. The first kappa shape index (κ1) is 15.8. The van der Waals surface area contributed by atoms with Crippen molar-refractivity contribution in [3.8, 4) is 0 Å². The summed E-state index contributed by atoms with van der Waals surface area (Å²) in [6.07, 6.45) is 3.52. The second-order valence-electron chi connectivity index (χ2n) is 5.33. The van der Waals surface area contributed by atoms with Gasteiger partial charge in [-0.2, -0.15) is 0 Å². The van der Waals surface area contributed by atoms with Gasteiger partial charge < -0.3 is 10.1 Å². The van der Waals surface area contributed by atoms with Crippen molar-refractivity contribution in [1.29, 1.82) is 0 Å². The van der Waals surface area contributed by atoms with Crippen molar-refractivity contribution >= 4 is 23.5 Å². The Morgan fingerprint density at radius 3 is 2.81 bits per heavy atom. The second kappa shape index (κ2) is 7.46. The summed E-state index contributed by atoms with van der Waals surface area (Å²) in [6.45, 7) is 0. The van der Waals surface area contributed by atoms with Gasteiger partial charge in [-0.25, -0.2) is 0 Å². The number of methoxy groups -OCH3 is 1. The second-order valence-corrected chi connectivity index (χ2v) is 5.73. The molecule has 1 fully saturated rings. The third kappa shape index (κ3) is 4.21. The van der Waals surface area contributed by atoms with Crippen LogP contribution >= 0.6 is 11.6 Å². The van der Waals surface area contributed by atoms with Gasteiger partial charge in [0.25, 0.3) is 0 Å². The van der Waals surface area contributed by atoms with E-state index < -0.39 is 0 Å². The number of esters is 1. The maximum atomic E-state index is 12.0. The maximum absolute atomic E-state index is 12.0. The molecular weight excluding hydrogens is 290 g/mol. The molecule has 1 aromatic carbocycles. The van der Waals surface area contributed by atoms with Gasteiger partial charge in [-0.1, -0.05) is 36.2 Å². The molecule has 0 unspecified atom stereocenters. The van der Waals surface area contributed by atoms with Crippen LogP contribution in [0.25, 0.3) is 0 Å². The van der Waals surface area contributed by atoms with Crippen molar-refractivity contribution < 1.29 is 14.3 Å². The number of nitrogens with one attached hydrogen (secondary N) is 1. The molecule has 1 N–H and O–H groups in total. The van der Waals surface area contributed by atoms with E-state index in [-0.39, 0.29) is 23.8 Å². The number of amides is 1. The Morgan fingerprint density at radius 2 is 2.10 bits per heavy atom. The van der Waals surface area contributed by atoms with E-state index in [0.717, 1.165) is 24.8 Å². The van der Waals surface area contributed by atoms with E-state index in [4.69, 9.17) is 16.3 Å². The molecular formula is C16H20ClNO3. The van der Waals surface area contributed by atoms with Gasteiger partial charge in [0.15, 0.2) is 0 Å². The van der Waals surface area contributed by atoms with E-state index in [0.29, 0.717) is 17.9 Å². The number of carbonyl (C=O) groups excluding carboxylic acids is 2. The first-order chi connectivity index (χ1) is 10.1. The van der Waals surface area contributed by atoms with Crippen LogP contribution < -0.4 is 5.32 Å². The molecule has 1 aliphatic carbocycles. The first-order valence-electron chi connectivity index (χ1n) is 7.22. The minimum absolute atomic E-state index is 0.0456. The molecule has 0 saturated heterocycles. The molecule has 1 aromatic rings. The molecule has 0 radical (unpaired) electrons. The fourth-order valence-electron chi connectivity index (χ4n) is 2.79. The topological polar surface area (TPSA) is 55.4 Å². The summed E-state index contributed by atoms with van der Waals surface area (Å²) in [7, 11) is 1.39. The molecule has 2 atom stereocenters. The van der Waals surface area contributed by atoms with Gasteiger partial charge in [-0.3, -0.25) is 9.59 Å². The van der Waals surface area contributed by atoms with Crippen LogP contribution in [0.15, 0.2) is 24.3 Å². The molecule has 0 aromatic heterocycles.